The third-order valence-corrected chi connectivity index (χ3v) is 3.94. The highest BCUT2D eigenvalue weighted by atomic mass is 19.4. The molecule has 1 atom stereocenters. The van der Waals surface area contributed by atoms with Gasteiger partial charge in [0.25, 0.3) is 0 Å². The molecule has 0 aliphatic carbocycles. The average molecular weight is 352 g/mol. The molecule has 0 radical (unpaired) electrons. The van der Waals surface area contributed by atoms with Crippen LogP contribution in [0.1, 0.15) is 17.7 Å². The molecule has 0 saturated carbocycles. The van der Waals surface area contributed by atoms with Crippen LogP contribution in [0.3, 0.4) is 0 Å². The van der Waals surface area contributed by atoms with Gasteiger partial charge in [0.2, 0.25) is 5.95 Å². The van der Waals surface area contributed by atoms with E-state index < -0.39 is 6.36 Å². The van der Waals surface area contributed by atoms with Crippen LogP contribution in [0.2, 0.25) is 0 Å². The van der Waals surface area contributed by atoms with E-state index in [4.69, 9.17) is 0 Å². The zero-order valence-corrected chi connectivity index (χ0v) is 13.8. The first kappa shape index (κ1) is 17.5. The molecule has 25 heavy (non-hydrogen) atoms. The van der Waals surface area contributed by atoms with Gasteiger partial charge in [0.05, 0.1) is 0 Å². The number of benzene rings is 1. The van der Waals surface area contributed by atoms with Crippen LogP contribution in [0, 0.1) is 6.92 Å². The predicted octanol–water partition coefficient (Wildman–Crippen LogP) is 3.37. The SMILES string of the molecule is Cc1ccnc(NC2CCN(Cc3cccc(OC(F)(F)F)c3)C2)n1. The van der Waals surface area contributed by atoms with Crippen molar-refractivity contribution in [3.05, 3.63) is 47.8 Å². The second-order valence-electron chi connectivity index (χ2n) is 6.08. The van der Waals surface area contributed by atoms with Gasteiger partial charge < -0.3 is 10.1 Å². The van der Waals surface area contributed by atoms with E-state index in [-0.39, 0.29) is 11.8 Å². The van der Waals surface area contributed by atoms with Gasteiger partial charge in [0.1, 0.15) is 5.75 Å². The molecule has 134 valence electrons. The van der Waals surface area contributed by atoms with Gasteiger partial charge in [-0.2, -0.15) is 0 Å². The van der Waals surface area contributed by atoms with Crippen LogP contribution in [0.25, 0.3) is 0 Å². The molecule has 0 amide bonds. The summed E-state index contributed by atoms with van der Waals surface area (Å²) in [6, 6.07) is 8.16. The van der Waals surface area contributed by atoms with Crippen LogP contribution in [0.15, 0.2) is 36.5 Å². The number of anilines is 1. The standard InChI is InChI=1S/C17H19F3N4O/c1-12-5-7-21-16(22-12)23-14-6-8-24(11-14)10-13-3-2-4-15(9-13)25-17(18,19)20/h2-5,7,9,14H,6,8,10-11H2,1H3,(H,21,22,23). The van der Waals surface area contributed by atoms with Crippen molar-refractivity contribution < 1.29 is 17.9 Å². The maximum atomic E-state index is 12.3. The smallest absolute Gasteiger partial charge is 0.406 e. The monoisotopic (exact) mass is 352 g/mol. The lowest BCUT2D eigenvalue weighted by atomic mass is 10.2. The van der Waals surface area contributed by atoms with Gasteiger partial charge in [-0.05, 0) is 37.1 Å². The quantitative estimate of drug-likeness (QED) is 0.894. The Hall–Kier alpha value is -2.35. The van der Waals surface area contributed by atoms with Crippen LogP contribution in [0.4, 0.5) is 19.1 Å². The van der Waals surface area contributed by atoms with Crippen LogP contribution in [0.5, 0.6) is 5.75 Å². The Morgan fingerprint density at radius 3 is 2.92 bits per heavy atom. The van der Waals surface area contributed by atoms with Gasteiger partial charge in [-0.15, -0.1) is 13.2 Å². The van der Waals surface area contributed by atoms with Crippen molar-refractivity contribution in [1.82, 2.24) is 14.9 Å². The number of nitrogens with zero attached hydrogens (tertiary/aromatic N) is 3. The summed E-state index contributed by atoms with van der Waals surface area (Å²) in [4.78, 5) is 10.7. The van der Waals surface area contributed by atoms with Gasteiger partial charge in [0, 0.05) is 37.6 Å². The summed E-state index contributed by atoms with van der Waals surface area (Å²) in [5.41, 5.74) is 1.68. The minimum absolute atomic E-state index is 0.188. The zero-order chi connectivity index (χ0) is 17.9. The molecule has 1 unspecified atom stereocenters. The maximum absolute atomic E-state index is 12.3. The maximum Gasteiger partial charge on any atom is 0.573 e. The van der Waals surface area contributed by atoms with Crippen molar-refractivity contribution in [3.63, 3.8) is 0 Å². The first-order chi connectivity index (χ1) is 11.9. The molecule has 1 aliphatic heterocycles. The number of hydrogen-bond donors (Lipinski definition) is 1. The number of ether oxygens (including phenoxy) is 1. The molecule has 0 bridgehead atoms. The second kappa shape index (κ2) is 7.26. The normalized spacial score (nSPS) is 18.3. The van der Waals surface area contributed by atoms with E-state index >= 15 is 0 Å². The van der Waals surface area contributed by atoms with Gasteiger partial charge in [0.15, 0.2) is 0 Å². The molecule has 3 rings (SSSR count). The van der Waals surface area contributed by atoms with Gasteiger partial charge >= 0.3 is 6.36 Å². The minimum atomic E-state index is -4.67. The Labute approximate surface area is 143 Å². The molecule has 2 heterocycles. The third kappa shape index (κ3) is 5.32. The first-order valence-electron chi connectivity index (χ1n) is 8.00. The fourth-order valence-electron chi connectivity index (χ4n) is 2.89. The predicted molar refractivity (Wildman–Crippen MR) is 87.2 cm³/mol. The lowest BCUT2D eigenvalue weighted by molar-refractivity contribution is -0.274. The van der Waals surface area contributed by atoms with Gasteiger partial charge in [-0.3, -0.25) is 4.90 Å². The van der Waals surface area contributed by atoms with Crippen molar-refractivity contribution in [3.8, 4) is 5.75 Å². The van der Waals surface area contributed by atoms with E-state index in [1.807, 2.05) is 13.0 Å². The van der Waals surface area contributed by atoms with Crippen molar-refractivity contribution in [2.24, 2.45) is 0 Å². The van der Waals surface area contributed by atoms with E-state index in [2.05, 4.69) is 24.9 Å². The number of likely N-dealkylation sites (tertiary alicyclic amines) is 1. The summed E-state index contributed by atoms with van der Waals surface area (Å²) in [5, 5.41) is 3.30. The largest absolute Gasteiger partial charge is 0.573 e. The summed E-state index contributed by atoms with van der Waals surface area (Å²) in [7, 11) is 0. The summed E-state index contributed by atoms with van der Waals surface area (Å²) in [6.07, 6.45) is -2.03. The van der Waals surface area contributed by atoms with Crippen molar-refractivity contribution in [2.75, 3.05) is 18.4 Å². The molecule has 1 aliphatic rings. The third-order valence-electron chi connectivity index (χ3n) is 3.94. The van der Waals surface area contributed by atoms with E-state index in [9.17, 15) is 13.2 Å². The Morgan fingerprint density at radius 1 is 1.32 bits per heavy atom. The molecular formula is C17H19F3N4O. The van der Waals surface area contributed by atoms with Crippen LogP contribution < -0.4 is 10.1 Å². The van der Waals surface area contributed by atoms with E-state index in [1.54, 1.807) is 18.3 Å². The van der Waals surface area contributed by atoms with Crippen LogP contribution in [-0.4, -0.2) is 40.4 Å². The highest BCUT2D eigenvalue weighted by Crippen LogP contribution is 2.24. The van der Waals surface area contributed by atoms with Crippen molar-refractivity contribution in [1.29, 1.82) is 0 Å². The molecule has 1 N–H and O–H groups in total. The lowest BCUT2D eigenvalue weighted by Gasteiger charge is -2.17. The molecule has 1 aromatic carbocycles. The number of hydrogen-bond acceptors (Lipinski definition) is 5. The number of halogens is 3. The molecule has 1 saturated heterocycles. The fraction of sp³-hybridized carbons (Fsp3) is 0.412. The van der Waals surface area contributed by atoms with Crippen molar-refractivity contribution in [2.45, 2.75) is 32.3 Å². The second-order valence-corrected chi connectivity index (χ2v) is 6.08. The number of nitrogens with one attached hydrogen (secondary N) is 1. The molecule has 8 heteroatoms. The van der Waals surface area contributed by atoms with E-state index in [1.165, 1.54) is 12.1 Å². The zero-order valence-electron chi connectivity index (χ0n) is 13.8. The molecule has 5 nitrogen and oxygen atoms in total. The summed E-state index contributed by atoms with van der Waals surface area (Å²) >= 11 is 0. The Kier molecular flexibility index (Phi) is 5.08. The van der Waals surface area contributed by atoms with Crippen molar-refractivity contribution >= 4 is 5.95 Å². The lowest BCUT2D eigenvalue weighted by Crippen LogP contribution is -2.26. The Morgan fingerprint density at radius 2 is 2.16 bits per heavy atom. The molecule has 2 aromatic rings. The molecule has 0 spiro atoms. The number of rotatable bonds is 5. The molecule has 1 fully saturated rings. The summed E-state index contributed by atoms with van der Waals surface area (Å²) < 4.78 is 40.9. The number of alkyl halides is 3. The topological polar surface area (TPSA) is 50.3 Å². The van der Waals surface area contributed by atoms with E-state index in [0.29, 0.717) is 12.5 Å². The Bertz CT molecular complexity index is 723. The van der Waals surface area contributed by atoms with E-state index in [0.717, 1.165) is 30.8 Å². The summed E-state index contributed by atoms with van der Waals surface area (Å²) in [6.45, 7) is 4.11. The van der Waals surface area contributed by atoms with Crippen LogP contribution >= 0.6 is 0 Å². The summed E-state index contributed by atoms with van der Waals surface area (Å²) in [5.74, 6) is 0.416. The highest BCUT2D eigenvalue weighted by molar-refractivity contribution is 5.29. The Balaban J connectivity index is 1.55. The van der Waals surface area contributed by atoms with Crippen LogP contribution in [-0.2, 0) is 6.54 Å². The van der Waals surface area contributed by atoms with Gasteiger partial charge in [-0.1, -0.05) is 12.1 Å². The average Bonchev–Trinajstić information content (AvgIpc) is 2.93. The fourth-order valence-corrected chi connectivity index (χ4v) is 2.89. The van der Waals surface area contributed by atoms with Gasteiger partial charge in [-0.25, -0.2) is 9.97 Å². The number of aromatic nitrogens is 2. The number of aryl methyl sites for hydroxylation is 1. The first-order valence-corrected chi connectivity index (χ1v) is 8.00. The highest BCUT2D eigenvalue weighted by Gasteiger charge is 2.31. The minimum Gasteiger partial charge on any atom is -0.406 e. The molecular weight excluding hydrogens is 333 g/mol. The molecule has 1 aromatic heterocycles.